The molecule has 0 fully saturated rings. The Bertz CT molecular complexity index is 1230. The van der Waals surface area contributed by atoms with Crippen LogP contribution >= 0.6 is 0 Å². The average Bonchev–Trinajstić information content (AvgIpc) is 3.11. The normalized spacial score (nSPS) is 11.3. The Hall–Kier alpha value is -3.60. The number of hydrogen-bond acceptors (Lipinski definition) is 8. The van der Waals surface area contributed by atoms with Crippen LogP contribution in [-0.4, -0.2) is 40.0 Å². The van der Waals surface area contributed by atoms with Gasteiger partial charge in [-0.25, -0.2) is 13.1 Å². The second-order valence-electron chi connectivity index (χ2n) is 6.48. The highest BCUT2D eigenvalue weighted by atomic mass is 32.2. The van der Waals surface area contributed by atoms with Crippen LogP contribution in [0.4, 0.5) is 11.4 Å². The van der Waals surface area contributed by atoms with Crippen molar-refractivity contribution >= 4 is 38.3 Å². The predicted molar refractivity (Wildman–Crippen MR) is 109 cm³/mol. The minimum absolute atomic E-state index is 0.108. The molecule has 1 heterocycles. The van der Waals surface area contributed by atoms with Crippen molar-refractivity contribution < 1.29 is 27.3 Å². The molecule has 0 unspecified atom stereocenters. The van der Waals surface area contributed by atoms with Gasteiger partial charge < -0.3 is 14.1 Å². The minimum atomic E-state index is -4.47. The van der Waals surface area contributed by atoms with E-state index < -0.39 is 31.4 Å². The van der Waals surface area contributed by atoms with Gasteiger partial charge >= 0.3 is 5.91 Å². The Balaban J connectivity index is 1.95. The second kappa shape index (κ2) is 8.03. The number of benzene rings is 2. The number of amides is 1. The van der Waals surface area contributed by atoms with E-state index in [1.54, 1.807) is 19.1 Å². The highest BCUT2D eigenvalue weighted by Crippen LogP contribution is 2.29. The first-order chi connectivity index (χ1) is 14.1. The molecule has 0 aliphatic heterocycles. The summed E-state index contributed by atoms with van der Waals surface area (Å²) in [7, 11) is -0.780. The lowest BCUT2D eigenvalue weighted by atomic mass is 10.2. The molecule has 0 bridgehead atoms. The van der Waals surface area contributed by atoms with E-state index in [-0.39, 0.29) is 18.1 Å². The molecule has 0 atom stereocenters. The molecule has 1 N–H and O–H groups in total. The molecule has 1 amide bonds. The van der Waals surface area contributed by atoms with Gasteiger partial charge in [0, 0.05) is 43.4 Å². The first-order valence-electron chi connectivity index (χ1n) is 8.81. The van der Waals surface area contributed by atoms with E-state index in [2.05, 4.69) is 0 Å². The van der Waals surface area contributed by atoms with Gasteiger partial charge in [-0.15, -0.1) is 0 Å². The monoisotopic (exact) mass is 433 g/mol. The van der Waals surface area contributed by atoms with Crippen molar-refractivity contribution in [3.05, 3.63) is 58.3 Å². The number of sulfonamides is 1. The minimum Gasteiger partial charge on any atom is -0.492 e. The van der Waals surface area contributed by atoms with E-state index in [0.29, 0.717) is 11.0 Å². The Labute approximate surface area is 172 Å². The summed E-state index contributed by atoms with van der Waals surface area (Å²) in [6, 6.07) is 9.83. The van der Waals surface area contributed by atoms with E-state index in [0.717, 1.165) is 17.8 Å². The number of fused-ring (bicyclic) bond motifs is 1. The third-order valence-electron chi connectivity index (χ3n) is 4.20. The van der Waals surface area contributed by atoms with Crippen molar-refractivity contribution in [1.82, 2.24) is 4.72 Å². The van der Waals surface area contributed by atoms with Crippen molar-refractivity contribution in [2.24, 2.45) is 0 Å². The molecular weight excluding hydrogens is 414 g/mol. The van der Waals surface area contributed by atoms with Crippen molar-refractivity contribution in [3.63, 3.8) is 0 Å². The highest BCUT2D eigenvalue weighted by Gasteiger charge is 2.27. The van der Waals surface area contributed by atoms with Crippen LogP contribution in [-0.2, 0) is 10.0 Å². The summed E-state index contributed by atoms with van der Waals surface area (Å²) in [5.41, 5.74) is 0.801. The summed E-state index contributed by atoms with van der Waals surface area (Å²) < 4.78 is 38.2. The van der Waals surface area contributed by atoms with Gasteiger partial charge in [-0.05, 0) is 31.2 Å². The zero-order chi connectivity index (χ0) is 22.1. The second-order valence-corrected chi connectivity index (χ2v) is 8.13. The molecule has 0 saturated heterocycles. The number of nitrogens with one attached hydrogen (secondary N) is 1. The Morgan fingerprint density at radius 3 is 2.57 bits per heavy atom. The quantitative estimate of drug-likeness (QED) is 0.444. The number of nitrogens with zero attached hydrogens (tertiary/aromatic N) is 2. The molecule has 11 heteroatoms. The number of furan rings is 1. The van der Waals surface area contributed by atoms with Gasteiger partial charge in [-0.3, -0.25) is 14.9 Å². The van der Waals surface area contributed by atoms with E-state index in [1.165, 1.54) is 12.1 Å². The number of nitro groups is 1. The number of anilines is 1. The third kappa shape index (κ3) is 4.20. The molecular formula is C19H19N3O7S. The van der Waals surface area contributed by atoms with E-state index in [1.807, 2.05) is 29.8 Å². The SMILES string of the molecule is CCOc1ccc([N+](=O)[O-])cc1S(=O)(=O)NC(=O)c1cc2ccc(N(C)C)cc2o1. The lowest BCUT2D eigenvalue weighted by Crippen LogP contribution is -2.30. The number of ether oxygens (including phenoxy) is 1. The van der Waals surface area contributed by atoms with Crippen LogP contribution in [0, 0.1) is 10.1 Å². The summed E-state index contributed by atoms with van der Waals surface area (Å²) in [5, 5.41) is 11.7. The molecule has 158 valence electrons. The molecule has 1 aromatic heterocycles. The van der Waals surface area contributed by atoms with Crippen molar-refractivity contribution in [2.75, 3.05) is 25.6 Å². The maximum Gasteiger partial charge on any atom is 0.300 e. The van der Waals surface area contributed by atoms with Gasteiger partial charge in [0.2, 0.25) is 0 Å². The smallest absolute Gasteiger partial charge is 0.300 e. The third-order valence-corrected chi connectivity index (χ3v) is 5.55. The number of nitro benzene ring substituents is 1. The fourth-order valence-electron chi connectivity index (χ4n) is 2.73. The van der Waals surface area contributed by atoms with Crippen molar-refractivity contribution in [3.8, 4) is 5.75 Å². The first-order valence-corrected chi connectivity index (χ1v) is 10.3. The first kappa shape index (κ1) is 21.1. The number of hydrogen-bond donors (Lipinski definition) is 1. The fraction of sp³-hybridized carbons (Fsp3) is 0.211. The number of carbonyl (C=O) groups excluding carboxylic acids is 1. The van der Waals surface area contributed by atoms with Gasteiger partial charge in [-0.1, -0.05) is 0 Å². The van der Waals surface area contributed by atoms with Gasteiger partial charge in [-0.2, -0.15) is 0 Å². The summed E-state index contributed by atoms with van der Waals surface area (Å²) in [6.45, 7) is 1.76. The maximum absolute atomic E-state index is 12.8. The molecule has 0 aliphatic rings. The van der Waals surface area contributed by atoms with Crippen molar-refractivity contribution in [1.29, 1.82) is 0 Å². The van der Waals surface area contributed by atoms with Gasteiger partial charge in [0.25, 0.3) is 15.7 Å². The Morgan fingerprint density at radius 2 is 1.93 bits per heavy atom. The van der Waals surface area contributed by atoms with Crippen LogP contribution in [0.5, 0.6) is 5.75 Å². The fourth-order valence-corrected chi connectivity index (χ4v) is 3.85. The van der Waals surface area contributed by atoms with Crippen LogP contribution in [0.15, 0.2) is 51.8 Å². The number of non-ortho nitro benzene ring substituents is 1. The van der Waals surface area contributed by atoms with Crippen LogP contribution in [0.3, 0.4) is 0 Å². The van der Waals surface area contributed by atoms with Crippen LogP contribution in [0.25, 0.3) is 11.0 Å². The molecule has 30 heavy (non-hydrogen) atoms. The summed E-state index contributed by atoms with van der Waals surface area (Å²) in [4.78, 5) is 24.2. The van der Waals surface area contributed by atoms with E-state index >= 15 is 0 Å². The van der Waals surface area contributed by atoms with Gasteiger partial charge in [0.05, 0.1) is 11.5 Å². The summed E-state index contributed by atoms with van der Waals surface area (Å²) in [6.07, 6.45) is 0. The molecule has 0 saturated carbocycles. The lowest BCUT2D eigenvalue weighted by Gasteiger charge is -2.11. The topological polar surface area (TPSA) is 132 Å². The Kier molecular flexibility index (Phi) is 5.65. The van der Waals surface area contributed by atoms with Crippen LogP contribution in [0.1, 0.15) is 17.5 Å². The summed E-state index contributed by atoms with van der Waals surface area (Å²) >= 11 is 0. The number of rotatable bonds is 7. The van der Waals surface area contributed by atoms with Gasteiger partial charge in [0.1, 0.15) is 16.2 Å². The Morgan fingerprint density at radius 1 is 1.20 bits per heavy atom. The maximum atomic E-state index is 12.8. The largest absolute Gasteiger partial charge is 0.492 e. The number of carbonyl (C=O) groups is 1. The predicted octanol–water partition coefficient (Wildman–Crippen LogP) is 2.92. The lowest BCUT2D eigenvalue weighted by molar-refractivity contribution is -0.385. The van der Waals surface area contributed by atoms with Crippen molar-refractivity contribution in [2.45, 2.75) is 11.8 Å². The zero-order valence-electron chi connectivity index (χ0n) is 16.4. The average molecular weight is 433 g/mol. The van der Waals surface area contributed by atoms with Crippen LogP contribution in [0.2, 0.25) is 0 Å². The zero-order valence-corrected chi connectivity index (χ0v) is 17.2. The molecule has 0 radical (unpaired) electrons. The summed E-state index contributed by atoms with van der Waals surface area (Å²) in [5.74, 6) is -1.33. The van der Waals surface area contributed by atoms with Crippen LogP contribution < -0.4 is 14.4 Å². The van der Waals surface area contributed by atoms with E-state index in [9.17, 15) is 23.3 Å². The molecule has 0 spiro atoms. The van der Waals surface area contributed by atoms with Gasteiger partial charge in [0.15, 0.2) is 5.76 Å². The molecule has 10 nitrogen and oxygen atoms in total. The molecule has 0 aliphatic carbocycles. The van der Waals surface area contributed by atoms with E-state index in [4.69, 9.17) is 9.15 Å². The molecule has 3 aromatic rings. The molecule has 2 aromatic carbocycles. The molecule has 3 rings (SSSR count). The standard InChI is InChI=1S/C19H19N3O7S/c1-4-28-15-8-7-14(22(24)25)11-18(15)30(26,27)20-19(23)17-9-12-5-6-13(21(2)3)10-16(12)29-17/h5-11H,4H2,1-3H3,(H,20,23). The highest BCUT2D eigenvalue weighted by molar-refractivity contribution is 7.90.